The fourth-order valence-corrected chi connectivity index (χ4v) is 1.70. The van der Waals surface area contributed by atoms with Gasteiger partial charge in [0.1, 0.15) is 17.4 Å². The molecule has 0 fully saturated rings. The van der Waals surface area contributed by atoms with Crippen LogP contribution in [0.3, 0.4) is 0 Å². The van der Waals surface area contributed by atoms with Gasteiger partial charge in [-0.05, 0) is 19.8 Å². The minimum Gasteiger partial charge on any atom is -0.480 e. The third-order valence-electron chi connectivity index (χ3n) is 3.03. The standard InChI is InChI=1S/C12H18N2O4/c1-5-6(2)10(12(16)17)13-11(15)9-7(3)14-18-8(9)4/h6,10H,5H2,1-4H3,(H,13,15)(H,16,17)/t6-,10-/m0/s1. The van der Waals surface area contributed by atoms with Crippen LogP contribution in [0.1, 0.15) is 42.1 Å². The molecule has 0 saturated carbocycles. The van der Waals surface area contributed by atoms with Crippen LogP contribution in [0.2, 0.25) is 0 Å². The molecule has 1 rings (SSSR count). The Morgan fingerprint density at radius 2 is 2.06 bits per heavy atom. The Kier molecular flexibility index (Phi) is 4.47. The maximum Gasteiger partial charge on any atom is 0.326 e. The maximum absolute atomic E-state index is 12.0. The van der Waals surface area contributed by atoms with Crippen molar-refractivity contribution < 1.29 is 19.2 Å². The number of aromatic nitrogens is 1. The van der Waals surface area contributed by atoms with Crippen molar-refractivity contribution in [1.29, 1.82) is 0 Å². The number of hydrogen-bond donors (Lipinski definition) is 2. The van der Waals surface area contributed by atoms with E-state index >= 15 is 0 Å². The number of carboxylic acid groups (broad SMARTS) is 1. The summed E-state index contributed by atoms with van der Waals surface area (Å²) >= 11 is 0. The van der Waals surface area contributed by atoms with Crippen molar-refractivity contribution >= 4 is 11.9 Å². The Balaban J connectivity index is 2.89. The normalized spacial score (nSPS) is 14.0. The molecular weight excluding hydrogens is 236 g/mol. The number of rotatable bonds is 5. The van der Waals surface area contributed by atoms with Crippen molar-refractivity contribution in [3.8, 4) is 0 Å². The summed E-state index contributed by atoms with van der Waals surface area (Å²) in [4.78, 5) is 23.1. The highest BCUT2D eigenvalue weighted by Gasteiger charge is 2.28. The molecule has 0 aromatic carbocycles. The minimum atomic E-state index is -1.04. The molecule has 1 aromatic rings. The van der Waals surface area contributed by atoms with Gasteiger partial charge in [-0.15, -0.1) is 0 Å². The van der Waals surface area contributed by atoms with Gasteiger partial charge in [0.15, 0.2) is 0 Å². The van der Waals surface area contributed by atoms with Crippen molar-refractivity contribution in [2.45, 2.75) is 40.2 Å². The lowest BCUT2D eigenvalue weighted by molar-refractivity contribution is -0.140. The summed E-state index contributed by atoms with van der Waals surface area (Å²) in [6, 6.07) is -0.906. The van der Waals surface area contributed by atoms with Crippen molar-refractivity contribution in [3.63, 3.8) is 0 Å². The fraction of sp³-hybridized carbons (Fsp3) is 0.583. The summed E-state index contributed by atoms with van der Waals surface area (Å²) in [6.07, 6.45) is 0.666. The molecule has 0 aliphatic carbocycles. The molecule has 1 amide bonds. The predicted octanol–water partition coefficient (Wildman–Crippen LogP) is 1.52. The number of carboxylic acids is 1. The SMILES string of the molecule is CC[C@H](C)[C@H](NC(=O)c1c(C)noc1C)C(=O)O. The number of aryl methyl sites for hydroxylation is 2. The number of aliphatic carboxylic acids is 1. The molecule has 0 unspecified atom stereocenters. The van der Waals surface area contributed by atoms with E-state index in [0.717, 1.165) is 0 Å². The van der Waals surface area contributed by atoms with Crippen LogP contribution in [-0.4, -0.2) is 28.2 Å². The van der Waals surface area contributed by atoms with Gasteiger partial charge in [-0.3, -0.25) is 4.79 Å². The molecule has 6 nitrogen and oxygen atoms in total. The molecule has 1 heterocycles. The Morgan fingerprint density at radius 1 is 1.44 bits per heavy atom. The Hall–Kier alpha value is -1.85. The first-order chi connectivity index (χ1) is 8.38. The van der Waals surface area contributed by atoms with Crippen LogP contribution in [0.15, 0.2) is 4.52 Å². The van der Waals surface area contributed by atoms with Crippen LogP contribution in [0.25, 0.3) is 0 Å². The van der Waals surface area contributed by atoms with Crippen molar-refractivity contribution in [1.82, 2.24) is 10.5 Å². The molecule has 100 valence electrons. The molecule has 1 aromatic heterocycles. The summed E-state index contributed by atoms with van der Waals surface area (Å²) in [5, 5.41) is 15.3. The number of hydrogen-bond acceptors (Lipinski definition) is 4. The number of nitrogens with one attached hydrogen (secondary N) is 1. The maximum atomic E-state index is 12.0. The van der Waals surface area contributed by atoms with Gasteiger partial charge in [-0.25, -0.2) is 4.79 Å². The summed E-state index contributed by atoms with van der Waals surface area (Å²) in [5.41, 5.74) is 0.767. The van der Waals surface area contributed by atoms with Crippen LogP contribution in [0.4, 0.5) is 0 Å². The summed E-state index contributed by atoms with van der Waals surface area (Å²) in [5.74, 6) is -1.26. The second-order valence-corrected chi connectivity index (χ2v) is 4.37. The van der Waals surface area contributed by atoms with Gasteiger partial charge in [-0.1, -0.05) is 25.4 Å². The van der Waals surface area contributed by atoms with Gasteiger partial charge in [-0.2, -0.15) is 0 Å². The summed E-state index contributed by atoms with van der Waals surface area (Å²) < 4.78 is 4.89. The zero-order chi connectivity index (χ0) is 13.9. The van der Waals surface area contributed by atoms with Crippen molar-refractivity contribution in [3.05, 3.63) is 17.0 Å². The highest BCUT2D eigenvalue weighted by Crippen LogP contribution is 2.14. The molecule has 0 aliphatic heterocycles. The molecule has 0 spiro atoms. The quantitative estimate of drug-likeness (QED) is 0.831. The van der Waals surface area contributed by atoms with Gasteiger partial charge in [0.2, 0.25) is 0 Å². The second kappa shape index (κ2) is 5.66. The first-order valence-electron chi connectivity index (χ1n) is 5.85. The molecule has 18 heavy (non-hydrogen) atoms. The summed E-state index contributed by atoms with van der Waals surface area (Å²) in [6.45, 7) is 6.92. The topological polar surface area (TPSA) is 92.4 Å². The number of carbonyl (C=O) groups is 2. The predicted molar refractivity (Wildman–Crippen MR) is 64.3 cm³/mol. The second-order valence-electron chi connectivity index (χ2n) is 4.37. The smallest absolute Gasteiger partial charge is 0.326 e. The van der Waals surface area contributed by atoms with E-state index in [2.05, 4.69) is 10.5 Å². The third-order valence-corrected chi connectivity index (χ3v) is 3.03. The lowest BCUT2D eigenvalue weighted by Gasteiger charge is -2.19. The third kappa shape index (κ3) is 2.88. The number of carbonyl (C=O) groups excluding carboxylic acids is 1. The molecule has 0 bridgehead atoms. The van der Waals surface area contributed by atoms with E-state index in [-0.39, 0.29) is 5.92 Å². The van der Waals surface area contributed by atoms with Crippen molar-refractivity contribution in [2.75, 3.05) is 0 Å². The Bertz CT molecular complexity index is 433. The van der Waals surface area contributed by atoms with Crippen molar-refractivity contribution in [2.24, 2.45) is 5.92 Å². The lowest BCUT2D eigenvalue weighted by Crippen LogP contribution is -2.45. The van der Waals surface area contributed by atoms with Gasteiger partial charge in [0, 0.05) is 0 Å². The van der Waals surface area contributed by atoms with E-state index in [1.165, 1.54) is 0 Å². The molecule has 2 atom stereocenters. The van der Waals surface area contributed by atoms with E-state index in [1.54, 1.807) is 20.8 Å². The molecule has 0 aliphatic rings. The highest BCUT2D eigenvalue weighted by molar-refractivity contribution is 5.98. The van der Waals surface area contributed by atoms with E-state index in [0.29, 0.717) is 23.4 Å². The lowest BCUT2D eigenvalue weighted by atomic mass is 9.99. The Labute approximate surface area is 105 Å². The van der Waals surface area contributed by atoms with E-state index < -0.39 is 17.9 Å². The molecule has 0 radical (unpaired) electrons. The first-order valence-corrected chi connectivity index (χ1v) is 5.85. The zero-order valence-electron chi connectivity index (χ0n) is 11.0. The highest BCUT2D eigenvalue weighted by atomic mass is 16.5. The number of amides is 1. The van der Waals surface area contributed by atoms with Crippen LogP contribution in [0, 0.1) is 19.8 Å². The van der Waals surface area contributed by atoms with E-state index in [9.17, 15) is 9.59 Å². The number of nitrogens with zero attached hydrogens (tertiary/aromatic N) is 1. The van der Waals surface area contributed by atoms with Crippen LogP contribution in [-0.2, 0) is 4.79 Å². The fourth-order valence-electron chi connectivity index (χ4n) is 1.70. The van der Waals surface area contributed by atoms with Gasteiger partial charge in [0.25, 0.3) is 5.91 Å². The van der Waals surface area contributed by atoms with Gasteiger partial charge < -0.3 is 14.9 Å². The molecule has 6 heteroatoms. The largest absolute Gasteiger partial charge is 0.480 e. The molecule has 2 N–H and O–H groups in total. The average Bonchev–Trinajstić information content (AvgIpc) is 2.64. The average molecular weight is 254 g/mol. The Morgan fingerprint density at radius 3 is 2.44 bits per heavy atom. The van der Waals surface area contributed by atoms with Crippen LogP contribution < -0.4 is 5.32 Å². The monoisotopic (exact) mass is 254 g/mol. The van der Waals surface area contributed by atoms with Gasteiger partial charge in [0.05, 0.1) is 5.69 Å². The van der Waals surface area contributed by atoms with Gasteiger partial charge >= 0.3 is 5.97 Å². The van der Waals surface area contributed by atoms with Crippen LogP contribution in [0.5, 0.6) is 0 Å². The molecule has 0 saturated heterocycles. The van der Waals surface area contributed by atoms with E-state index in [1.807, 2.05) is 6.92 Å². The summed E-state index contributed by atoms with van der Waals surface area (Å²) in [7, 11) is 0. The molecular formula is C12H18N2O4. The minimum absolute atomic E-state index is 0.146. The zero-order valence-corrected chi connectivity index (χ0v) is 11.0. The van der Waals surface area contributed by atoms with E-state index in [4.69, 9.17) is 9.63 Å². The first kappa shape index (κ1) is 14.2. The van der Waals surface area contributed by atoms with Crippen LogP contribution >= 0.6 is 0 Å².